The highest BCUT2D eigenvalue weighted by atomic mass is 16.3. The molecule has 3 unspecified atom stereocenters. The molecule has 19 heavy (non-hydrogen) atoms. The van der Waals surface area contributed by atoms with Gasteiger partial charge in [-0.25, -0.2) is 0 Å². The lowest BCUT2D eigenvalue weighted by Crippen LogP contribution is -2.20. The summed E-state index contributed by atoms with van der Waals surface area (Å²) in [5.41, 5.74) is 3.06. The molecule has 3 atom stereocenters. The molecule has 1 amide bonds. The number of aliphatic hydroxyl groups is 1. The second kappa shape index (κ2) is 3.83. The summed E-state index contributed by atoms with van der Waals surface area (Å²) in [5.74, 6) is 2.13. The van der Waals surface area contributed by atoms with E-state index in [-0.39, 0.29) is 12.0 Å². The standard InChI is InChI=1S/C16H19NO2/c1-17-13-6-5-9(7-10(13)8-14(17)18)16(19)15-11-3-2-4-12(11)15/h5-7,11-12,15-16,19H,2-4,8H2,1H3. The van der Waals surface area contributed by atoms with E-state index in [0.29, 0.717) is 12.3 Å². The molecule has 0 radical (unpaired) electrons. The molecular weight excluding hydrogens is 238 g/mol. The topological polar surface area (TPSA) is 40.5 Å². The average Bonchev–Trinajstić information content (AvgIpc) is 2.76. The highest BCUT2D eigenvalue weighted by molar-refractivity contribution is 6.00. The normalized spacial score (nSPS) is 33.3. The van der Waals surface area contributed by atoms with Crippen LogP contribution in [0, 0.1) is 17.8 Å². The molecule has 3 heteroatoms. The van der Waals surface area contributed by atoms with E-state index >= 15 is 0 Å². The summed E-state index contributed by atoms with van der Waals surface area (Å²) < 4.78 is 0. The molecule has 1 N–H and O–H groups in total. The number of aliphatic hydroxyl groups excluding tert-OH is 1. The zero-order valence-corrected chi connectivity index (χ0v) is 11.2. The van der Waals surface area contributed by atoms with Crippen LogP contribution < -0.4 is 4.90 Å². The molecule has 1 aliphatic heterocycles. The summed E-state index contributed by atoms with van der Waals surface area (Å²) in [6, 6.07) is 6.01. The summed E-state index contributed by atoms with van der Waals surface area (Å²) in [6.07, 6.45) is 4.06. The predicted molar refractivity (Wildman–Crippen MR) is 72.8 cm³/mol. The predicted octanol–water partition coefficient (Wildman–Crippen LogP) is 2.29. The molecule has 3 aliphatic rings. The van der Waals surface area contributed by atoms with Crippen LogP contribution in [0.2, 0.25) is 0 Å². The Morgan fingerprint density at radius 3 is 2.79 bits per heavy atom. The monoisotopic (exact) mass is 257 g/mol. The van der Waals surface area contributed by atoms with Crippen molar-refractivity contribution in [1.29, 1.82) is 0 Å². The van der Waals surface area contributed by atoms with Gasteiger partial charge in [-0.2, -0.15) is 0 Å². The van der Waals surface area contributed by atoms with E-state index in [1.54, 1.807) is 4.90 Å². The van der Waals surface area contributed by atoms with Crippen LogP contribution in [0.5, 0.6) is 0 Å². The van der Waals surface area contributed by atoms with Gasteiger partial charge in [-0.3, -0.25) is 4.79 Å². The van der Waals surface area contributed by atoms with Crippen molar-refractivity contribution in [2.75, 3.05) is 11.9 Å². The van der Waals surface area contributed by atoms with Crippen LogP contribution in [-0.2, 0) is 11.2 Å². The van der Waals surface area contributed by atoms with Gasteiger partial charge in [-0.1, -0.05) is 18.6 Å². The van der Waals surface area contributed by atoms with Gasteiger partial charge in [0.05, 0.1) is 12.5 Å². The Morgan fingerprint density at radius 2 is 2.05 bits per heavy atom. The van der Waals surface area contributed by atoms with Gasteiger partial charge in [-0.05, 0) is 47.8 Å². The van der Waals surface area contributed by atoms with E-state index in [4.69, 9.17) is 0 Å². The third-order valence-corrected chi connectivity index (χ3v) is 5.36. The van der Waals surface area contributed by atoms with E-state index in [9.17, 15) is 9.90 Å². The van der Waals surface area contributed by atoms with Gasteiger partial charge in [0.15, 0.2) is 0 Å². The molecule has 2 fully saturated rings. The Morgan fingerprint density at radius 1 is 1.32 bits per heavy atom. The second-order valence-electron chi connectivity index (χ2n) is 6.30. The number of likely N-dealkylation sites (N-methyl/N-ethyl adjacent to an activating group) is 1. The Labute approximate surface area is 113 Å². The van der Waals surface area contributed by atoms with Crippen LogP contribution in [-0.4, -0.2) is 18.1 Å². The van der Waals surface area contributed by atoms with Crippen molar-refractivity contribution in [3.63, 3.8) is 0 Å². The molecule has 3 nitrogen and oxygen atoms in total. The van der Waals surface area contributed by atoms with E-state index in [1.807, 2.05) is 25.2 Å². The van der Waals surface area contributed by atoms with Crippen LogP contribution in [0.1, 0.15) is 36.5 Å². The third-order valence-electron chi connectivity index (χ3n) is 5.36. The molecule has 1 aromatic carbocycles. The Balaban J connectivity index is 1.60. The number of carbonyl (C=O) groups is 1. The Hall–Kier alpha value is -1.35. The smallest absolute Gasteiger partial charge is 0.231 e. The van der Waals surface area contributed by atoms with E-state index < -0.39 is 0 Å². The highest BCUT2D eigenvalue weighted by Gasteiger charge is 2.55. The number of benzene rings is 1. The van der Waals surface area contributed by atoms with Crippen molar-refractivity contribution >= 4 is 11.6 Å². The largest absolute Gasteiger partial charge is 0.388 e. The van der Waals surface area contributed by atoms with Crippen molar-refractivity contribution in [3.8, 4) is 0 Å². The quantitative estimate of drug-likeness (QED) is 0.883. The van der Waals surface area contributed by atoms with Crippen LogP contribution >= 0.6 is 0 Å². The zero-order valence-electron chi connectivity index (χ0n) is 11.2. The Bertz CT molecular complexity index is 544. The maximum atomic E-state index is 11.7. The lowest BCUT2D eigenvalue weighted by atomic mass is 9.97. The average molecular weight is 257 g/mol. The molecule has 0 bridgehead atoms. The van der Waals surface area contributed by atoms with E-state index in [1.165, 1.54) is 19.3 Å². The zero-order chi connectivity index (χ0) is 13.1. The van der Waals surface area contributed by atoms with Crippen molar-refractivity contribution < 1.29 is 9.90 Å². The molecule has 1 aromatic rings. The maximum Gasteiger partial charge on any atom is 0.231 e. The van der Waals surface area contributed by atoms with Crippen LogP contribution in [0.25, 0.3) is 0 Å². The molecule has 2 saturated carbocycles. The fraction of sp³-hybridized carbons (Fsp3) is 0.562. The fourth-order valence-electron chi connectivity index (χ4n) is 4.24. The summed E-state index contributed by atoms with van der Waals surface area (Å²) >= 11 is 0. The SMILES string of the molecule is CN1C(=O)Cc2cc(C(O)C3C4CCCC43)ccc21. The fourth-order valence-corrected chi connectivity index (χ4v) is 4.24. The summed E-state index contributed by atoms with van der Waals surface area (Å²) in [7, 11) is 1.82. The molecule has 0 aromatic heterocycles. The molecule has 4 rings (SSSR count). The van der Waals surface area contributed by atoms with Gasteiger partial charge in [0.2, 0.25) is 5.91 Å². The van der Waals surface area contributed by atoms with Crippen LogP contribution in [0.4, 0.5) is 5.69 Å². The van der Waals surface area contributed by atoms with Crippen molar-refractivity contribution in [2.24, 2.45) is 17.8 Å². The minimum absolute atomic E-state index is 0.143. The number of anilines is 1. The summed E-state index contributed by atoms with van der Waals surface area (Å²) in [4.78, 5) is 13.4. The summed E-state index contributed by atoms with van der Waals surface area (Å²) in [6.45, 7) is 0. The lowest BCUT2D eigenvalue weighted by molar-refractivity contribution is -0.117. The molecule has 0 spiro atoms. The third kappa shape index (κ3) is 1.57. The first-order chi connectivity index (χ1) is 9.16. The van der Waals surface area contributed by atoms with Gasteiger partial charge in [0, 0.05) is 12.7 Å². The van der Waals surface area contributed by atoms with Crippen molar-refractivity contribution in [2.45, 2.75) is 31.8 Å². The number of hydrogen-bond donors (Lipinski definition) is 1. The first kappa shape index (κ1) is 11.5. The number of fused-ring (bicyclic) bond motifs is 2. The maximum absolute atomic E-state index is 11.7. The number of nitrogens with zero attached hydrogens (tertiary/aromatic N) is 1. The van der Waals surface area contributed by atoms with Gasteiger partial charge >= 0.3 is 0 Å². The molecule has 100 valence electrons. The van der Waals surface area contributed by atoms with E-state index in [0.717, 1.165) is 28.7 Å². The van der Waals surface area contributed by atoms with Gasteiger partial charge in [-0.15, -0.1) is 0 Å². The van der Waals surface area contributed by atoms with E-state index in [2.05, 4.69) is 0 Å². The number of hydrogen-bond acceptors (Lipinski definition) is 2. The number of amides is 1. The molecule has 1 heterocycles. The van der Waals surface area contributed by atoms with Crippen molar-refractivity contribution in [1.82, 2.24) is 0 Å². The van der Waals surface area contributed by atoms with Gasteiger partial charge in [0.1, 0.15) is 0 Å². The molecule has 2 aliphatic carbocycles. The molecular formula is C16H19NO2. The first-order valence-corrected chi connectivity index (χ1v) is 7.24. The summed E-state index contributed by atoms with van der Waals surface area (Å²) in [5, 5.41) is 10.5. The van der Waals surface area contributed by atoms with Crippen LogP contribution in [0.3, 0.4) is 0 Å². The van der Waals surface area contributed by atoms with Crippen LogP contribution in [0.15, 0.2) is 18.2 Å². The second-order valence-corrected chi connectivity index (χ2v) is 6.30. The number of carbonyl (C=O) groups excluding carboxylic acids is 1. The number of rotatable bonds is 2. The minimum Gasteiger partial charge on any atom is -0.388 e. The Kier molecular flexibility index (Phi) is 2.31. The van der Waals surface area contributed by atoms with Gasteiger partial charge in [0.25, 0.3) is 0 Å². The first-order valence-electron chi connectivity index (χ1n) is 7.24. The highest BCUT2D eigenvalue weighted by Crippen LogP contribution is 2.62. The van der Waals surface area contributed by atoms with Gasteiger partial charge < -0.3 is 10.0 Å². The lowest BCUT2D eigenvalue weighted by Gasteiger charge is -2.15. The molecule has 0 saturated heterocycles. The van der Waals surface area contributed by atoms with Crippen molar-refractivity contribution in [3.05, 3.63) is 29.3 Å². The minimum atomic E-state index is -0.332.